The maximum Gasteiger partial charge on any atom is 0.325 e. The highest BCUT2D eigenvalue weighted by molar-refractivity contribution is 5.85. The van der Waals surface area contributed by atoms with Crippen LogP contribution in [-0.2, 0) is 22.6 Å². The van der Waals surface area contributed by atoms with Crippen molar-refractivity contribution < 1.29 is 9.53 Å². The molecule has 0 bridgehead atoms. The van der Waals surface area contributed by atoms with E-state index in [0.29, 0.717) is 6.04 Å². The van der Waals surface area contributed by atoms with Gasteiger partial charge in [-0.25, -0.2) is 0 Å². The van der Waals surface area contributed by atoms with Crippen LogP contribution >= 0.6 is 0 Å². The molecule has 5 heteroatoms. The molecule has 2 saturated heterocycles. The lowest BCUT2D eigenvalue weighted by atomic mass is 10.1. The summed E-state index contributed by atoms with van der Waals surface area (Å²) in [5, 5.41) is 1.24. The van der Waals surface area contributed by atoms with Crippen molar-refractivity contribution in [3.05, 3.63) is 36.0 Å². The van der Waals surface area contributed by atoms with Crippen LogP contribution in [0.5, 0.6) is 0 Å². The monoisotopic (exact) mass is 341 g/mol. The Balaban J connectivity index is 1.59. The third kappa shape index (κ3) is 3.18. The second-order valence-corrected chi connectivity index (χ2v) is 7.44. The van der Waals surface area contributed by atoms with Crippen molar-refractivity contribution in [1.82, 2.24) is 14.4 Å². The van der Waals surface area contributed by atoms with E-state index in [9.17, 15) is 4.79 Å². The number of esters is 1. The number of rotatable bonds is 4. The van der Waals surface area contributed by atoms with Gasteiger partial charge in [0.05, 0.1) is 7.11 Å². The molecule has 0 aliphatic carbocycles. The maximum atomic E-state index is 11.7. The van der Waals surface area contributed by atoms with Gasteiger partial charge in [0, 0.05) is 48.8 Å². The molecule has 0 N–H and O–H groups in total. The van der Waals surface area contributed by atoms with E-state index in [4.69, 9.17) is 4.74 Å². The molecular formula is C20H27N3O2. The predicted octanol–water partition coefficient (Wildman–Crippen LogP) is 2.48. The number of carbonyl (C=O) groups excluding carboxylic acids is 1. The van der Waals surface area contributed by atoms with Gasteiger partial charge in [0.1, 0.15) is 6.54 Å². The Morgan fingerprint density at radius 2 is 2.12 bits per heavy atom. The van der Waals surface area contributed by atoms with Gasteiger partial charge in [0.25, 0.3) is 0 Å². The van der Waals surface area contributed by atoms with Crippen molar-refractivity contribution in [1.29, 1.82) is 0 Å². The summed E-state index contributed by atoms with van der Waals surface area (Å²) < 4.78 is 6.87. The molecule has 5 nitrogen and oxygen atoms in total. The largest absolute Gasteiger partial charge is 0.468 e. The Bertz CT molecular complexity index is 769. The molecule has 1 aromatic heterocycles. The minimum absolute atomic E-state index is 0.208. The van der Waals surface area contributed by atoms with Crippen molar-refractivity contribution in [3.8, 4) is 0 Å². The van der Waals surface area contributed by atoms with Gasteiger partial charge in [-0.2, -0.15) is 0 Å². The van der Waals surface area contributed by atoms with Crippen LogP contribution in [0.3, 0.4) is 0 Å². The number of aromatic nitrogens is 1. The lowest BCUT2D eigenvalue weighted by Gasteiger charge is -2.42. The molecule has 0 radical (unpaired) electrons. The summed E-state index contributed by atoms with van der Waals surface area (Å²) in [6.07, 6.45) is 4.80. The van der Waals surface area contributed by atoms with Gasteiger partial charge in [0.15, 0.2) is 0 Å². The molecule has 25 heavy (non-hydrogen) atoms. The molecule has 2 fully saturated rings. The number of hydrogen-bond acceptors (Lipinski definition) is 4. The molecule has 2 aromatic rings. The van der Waals surface area contributed by atoms with E-state index in [1.54, 1.807) is 0 Å². The fraction of sp³-hybridized carbons (Fsp3) is 0.550. The highest BCUT2D eigenvalue weighted by Crippen LogP contribution is 2.28. The first-order valence-corrected chi connectivity index (χ1v) is 9.27. The molecule has 2 aliphatic rings. The number of hydrogen-bond donors (Lipinski definition) is 0. The van der Waals surface area contributed by atoms with Crippen molar-refractivity contribution >= 4 is 16.9 Å². The standard InChI is InChI=1S/C20H27N3O2/c1-15-10-21-9-5-6-17(21)13-22(15)11-16-12-23(14-20(24)25-2)19-8-4-3-7-18(16)19/h3-4,7-8,12,15,17H,5-6,9-11,13-14H2,1-2H3/t15-,17+/m1/s1. The molecule has 1 aromatic carbocycles. The Labute approximate surface area is 149 Å². The molecule has 134 valence electrons. The zero-order valence-electron chi connectivity index (χ0n) is 15.1. The first-order chi connectivity index (χ1) is 12.2. The zero-order chi connectivity index (χ0) is 17.4. The minimum atomic E-state index is -0.208. The number of para-hydroxylation sites is 1. The fourth-order valence-electron chi connectivity index (χ4n) is 4.47. The van der Waals surface area contributed by atoms with Gasteiger partial charge in [-0.1, -0.05) is 18.2 Å². The quantitative estimate of drug-likeness (QED) is 0.801. The summed E-state index contributed by atoms with van der Waals surface area (Å²) in [5.74, 6) is -0.208. The number of ether oxygens (including phenoxy) is 1. The van der Waals surface area contributed by atoms with Gasteiger partial charge in [-0.05, 0) is 37.9 Å². The summed E-state index contributed by atoms with van der Waals surface area (Å²) in [6, 6.07) is 9.64. The van der Waals surface area contributed by atoms with Gasteiger partial charge in [-0.15, -0.1) is 0 Å². The third-order valence-electron chi connectivity index (χ3n) is 5.84. The first kappa shape index (κ1) is 16.6. The smallest absolute Gasteiger partial charge is 0.325 e. The number of benzene rings is 1. The Hall–Kier alpha value is -1.85. The predicted molar refractivity (Wildman–Crippen MR) is 98.4 cm³/mol. The van der Waals surface area contributed by atoms with Crippen LogP contribution in [0.4, 0.5) is 0 Å². The average molecular weight is 341 g/mol. The van der Waals surface area contributed by atoms with Crippen LogP contribution < -0.4 is 0 Å². The van der Waals surface area contributed by atoms with Crippen LogP contribution in [0.15, 0.2) is 30.5 Å². The fourth-order valence-corrected chi connectivity index (χ4v) is 4.47. The van der Waals surface area contributed by atoms with Crippen LogP contribution in [0.1, 0.15) is 25.3 Å². The molecular weight excluding hydrogens is 314 g/mol. The highest BCUT2D eigenvalue weighted by atomic mass is 16.5. The SMILES string of the molecule is COC(=O)Cn1cc(CN2C[C@@H]3CCCN3C[C@H]2C)c2ccccc21. The number of piperazine rings is 1. The van der Waals surface area contributed by atoms with E-state index >= 15 is 0 Å². The number of nitrogens with zero attached hydrogens (tertiary/aromatic N) is 3. The van der Waals surface area contributed by atoms with Crippen LogP contribution in [0.25, 0.3) is 10.9 Å². The molecule has 2 aliphatic heterocycles. The lowest BCUT2D eigenvalue weighted by molar-refractivity contribution is -0.141. The van der Waals surface area contributed by atoms with E-state index in [1.165, 1.54) is 44.0 Å². The summed E-state index contributed by atoms with van der Waals surface area (Å²) in [5.41, 5.74) is 2.41. The van der Waals surface area contributed by atoms with Crippen LogP contribution in [-0.4, -0.2) is 59.2 Å². The van der Waals surface area contributed by atoms with Crippen molar-refractivity contribution in [2.45, 2.75) is 44.9 Å². The Morgan fingerprint density at radius 1 is 1.28 bits per heavy atom. The van der Waals surface area contributed by atoms with E-state index in [-0.39, 0.29) is 12.5 Å². The molecule has 0 amide bonds. The van der Waals surface area contributed by atoms with E-state index in [0.717, 1.165) is 24.6 Å². The Kier molecular flexibility index (Phi) is 4.52. The molecule has 0 saturated carbocycles. The highest BCUT2D eigenvalue weighted by Gasteiger charge is 2.34. The lowest BCUT2D eigenvalue weighted by Crippen LogP contribution is -2.54. The third-order valence-corrected chi connectivity index (χ3v) is 5.84. The first-order valence-electron chi connectivity index (χ1n) is 9.27. The van der Waals surface area contributed by atoms with Crippen LogP contribution in [0.2, 0.25) is 0 Å². The summed E-state index contributed by atoms with van der Waals surface area (Å²) in [6.45, 7) is 7.13. The summed E-state index contributed by atoms with van der Waals surface area (Å²) in [7, 11) is 1.44. The normalized spacial score (nSPS) is 24.6. The van der Waals surface area contributed by atoms with Gasteiger partial charge in [-0.3, -0.25) is 14.6 Å². The number of carbonyl (C=O) groups is 1. The van der Waals surface area contributed by atoms with Gasteiger partial charge >= 0.3 is 5.97 Å². The number of fused-ring (bicyclic) bond motifs is 2. The van der Waals surface area contributed by atoms with E-state index in [1.807, 2.05) is 10.6 Å². The molecule has 4 rings (SSSR count). The van der Waals surface area contributed by atoms with Crippen LogP contribution in [0, 0.1) is 0 Å². The van der Waals surface area contributed by atoms with Crippen molar-refractivity contribution in [3.63, 3.8) is 0 Å². The second-order valence-electron chi connectivity index (χ2n) is 7.44. The average Bonchev–Trinajstić information content (AvgIpc) is 3.20. The second kappa shape index (κ2) is 6.81. The minimum Gasteiger partial charge on any atom is -0.468 e. The van der Waals surface area contributed by atoms with E-state index in [2.05, 4.69) is 41.1 Å². The maximum absolute atomic E-state index is 11.7. The number of methoxy groups -OCH3 is 1. The molecule has 0 spiro atoms. The zero-order valence-corrected chi connectivity index (χ0v) is 15.1. The molecule has 0 unspecified atom stereocenters. The van der Waals surface area contributed by atoms with Crippen molar-refractivity contribution in [2.75, 3.05) is 26.7 Å². The van der Waals surface area contributed by atoms with E-state index < -0.39 is 0 Å². The topological polar surface area (TPSA) is 37.7 Å². The summed E-state index contributed by atoms with van der Waals surface area (Å²) >= 11 is 0. The van der Waals surface area contributed by atoms with Crippen molar-refractivity contribution in [2.24, 2.45) is 0 Å². The Morgan fingerprint density at radius 3 is 2.96 bits per heavy atom. The van der Waals surface area contributed by atoms with Gasteiger partial charge in [0.2, 0.25) is 0 Å². The molecule has 3 heterocycles. The summed E-state index contributed by atoms with van der Waals surface area (Å²) in [4.78, 5) is 17.0. The molecule has 2 atom stereocenters. The van der Waals surface area contributed by atoms with Gasteiger partial charge < -0.3 is 9.30 Å².